The van der Waals surface area contributed by atoms with Gasteiger partial charge < -0.3 is 14.1 Å². The minimum absolute atomic E-state index is 0.0243. The zero-order chi connectivity index (χ0) is 19.7. The molecule has 1 N–H and O–H groups in total. The van der Waals surface area contributed by atoms with Crippen molar-refractivity contribution in [2.45, 2.75) is 4.90 Å². The lowest BCUT2D eigenvalue weighted by Gasteiger charge is -2.26. The second-order valence-electron chi connectivity index (χ2n) is 6.27. The number of ether oxygens (including phenoxy) is 1. The third-order valence-electron chi connectivity index (χ3n) is 4.45. The van der Waals surface area contributed by atoms with Crippen LogP contribution in [0.5, 0.6) is 0 Å². The molecule has 0 aliphatic carbocycles. The smallest absolute Gasteiger partial charge is 0.291 e. The number of carbonyl (C=O) groups excluding carboxylic acids is 1. The van der Waals surface area contributed by atoms with E-state index in [4.69, 9.17) is 9.15 Å². The Morgan fingerprint density at radius 2 is 1.71 bits per heavy atom. The van der Waals surface area contributed by atoms with Crippen molar-refractivity contribution in [1.82, 2.24) is 4.90 Å². The molecule has 146 valence electrons. The van der Waals surface area contributed by atoms with Crippen LogP contribution in [0.4, 0.5) is 5.69 Å². The normalized spacial score (nSPS) is 15.0. The first-order valence-corrected chi connectivity index (χ1v) is 10.9. The van der Waals surface area contributed by atoms with E-state index in [1.54, 1.807) is 41.3 Å². The molecular formula is C19H17BrN2O5S. The maximum absolute atomic E-state index is 13.0. The molecule has 2 aromatic carbocycles. The van der Waals surface area contributed by atoms with Gasteiger partial charge in [-0.05, 0) is 36.4 Å². The molecule has 9 heteroatoms. The van der Waals surface area contributed by atoms with E-state index in [1.165, 1.54) is 12.1 Å². The van der Waals surface area contributed by atoms with Gasteiger partial charge in [0.05, 0.1) is 18.1 Å². The summed E-state index contributed by atoms with van der Waals surface area (Å²) in [6.45, 7) is 1.72. The molecular weight excluding hydrogens is 448 g/mol. The highest BCUT2D eigenvalue weighted by Gasteiger charge is 2.29. The Balaban J connectivity index is 1.76. The summed E-state index contributed by atoms with van der Waals surface area (Å²) in [5.41, 5.74) is 0.586. The summed E-state index contributed by atoms with van der Waals surface area (Å²) in [6, 6.07) is 13.2. The van der Waals surface area contributed by atoms with Crippen molar-refractivity contribution in [3.63, 3.8) is 0 Å². The number of rotatable bonds is 4. The molecule has 0 spiro atoms. The fourth-order valence-corrected chi connectivity index (χ4v) is 4.36. The van der Waals surface area contributed by atoms with Crippen molar-refractivity contribution in [1.29, 1.82) is 0 Å². The summed E-state index contributed by atoms with van der Waals surface area (Å²) < 4.78 is 40.1. The van der Waals surface area contributed by atoms with Crippen molar-refractivity contribution in [3.05, 3.63) is 58.8 Å². The van der Waals surface area contributed by atoms with Gasteiger partial charge in [0.15, 0.2) is 0 Å². The van der Waals surface area contributed by atoms with Crippen LogP contribution in [0.25, 0.3) is 11.0 Å². The van der Waals surface area contributed by atoms with E-state index in [-0.39, 0.29) is 22.3 Å². The fourth-order valence-electron chi connectivity index (χ4n) is 3.01. The number of halogens is 1. The van der Waals surface area contributed by atoms with Crippen molar-refractivity contribution >= 4 is 48.5 Å². The summed E-state index contributed by atoms with van der Waals surface area (Å²) in [5, 5.41) is 0.528. The van der Waals surface area contributed by atoms with Crippen LogP contribution in [0.1, 0.15) is 10.6 Å². The predicted octanol–water partition coefficient (Wildman–Crippen LogP) is 3.47. The highest BCUT2D eigenvalue weighted by atomic mass is 79.9. The molecule has 0 radical (unpaired) electrons. The number of carbonyl (C=O) groups is 1. The number of nitrogens with zero attached hydrogens (tertiary/aromatic N) is 1. The first kappa shape index (κ1) is 19.0. The van der Waals surface area contributed by atoms with Crippen LogP contribution in [0.3, 0.4) is 0 Å². The Morgan fingerprint density at radius 1 is 1.04 bits per heavy atom. The fraction of sp³-hybridized carbons (Fsp3) is 0.211. The zero-order valence-corrected chi connectivity index (χ0v) is 17.1. The summed E-state index contributed by atoms with van der Waals surface area (Å²) in [6.07, 6.45) is 0. The molecule has 1 aromatic heterocycles. The third kappa shape index (κ3) is 3.65. The van der Waals surface area contributed by atoms with Gasteiger partial charge in [-0.3, -0.25) is 9.52 Å². The van der Waals surface area contributed by atoms with Crippen molar-refractivity contribution in [2.75, 3.05) is 31.0 Å². The highest BCUT2D eigenvalue weighted by Crippen LogP contribution is 2.33. The van der Waals surface area contributed by atoms with E-state index in [9.17, 15) is 13.2 Å². The summed E-state index contributed by atoms with van der Waals surface area (Å²) in [4.78, 5) is 14.7. The van der Waals surface area contributed by atoms with E-state index in [1.807, 2.05) is 0 Å². The summed E-state index contributed by atoms with van der Waals surface area (Å²) >= 11 is 3.29. The van der Waals surface area contributed by atoms with E-state index in [0.717, 1.165) is 4.47 Å². The Bertz CT molecular complexity index is 1120. The molecule has 1 aliphatic rings. The van der Waals surface area contributed by atoms with E-state index in [0.29, 0.717) is 37.3 Å². The SMILES string of the molecule is O=C(c1oc2ccccc2c1NS(=O)(=O)c1ccc(Br)cc1)N1CCOCC1. The van der Waals surface area contributed by atoms with Crippen LogP contribution in [0.15, 0.2) is 62.3 Å². The van der Waals surface area contributed by atoms with Gasteiger partial charge in [-0.1, -0.05) is 28.1 Å². The second-order valence-corrected chi connectivity index (χ2v) is 8.86. The van der Waals surface area contributed by atoms with Crippen molar-refractivity contribution in [3.8, 4) is 0 Å². The number of nitrogens with one attached hydrogen (secondary N) is 1. The van der Waals surface area contributed by atoms with Crippen LogP contribution in [0.2, 0.25) is 0 Å². The molecule has 1 amide bonds. The maximum Gasteiger partial charge on any atom is 0.291 e. The number of fused-ring (bicyclic) bond motifs is 1. The van der Waals surface area contributed by atoms with Crippen LogP contribution in [-0.2, 0) is 14.8 Å². The second kappa shape index (κ2) is 7.57. The van der Waals surface area contributed by atoms with Gasteiger partial charge in [-0.15, -0.1) is 0 Å². The topological polar surface area (TPSA) is 88.8 Å². The third-order valence-corrected chi connectivity index (χ3v) is 6.34. The zero-order valence-electron chi connectivity index (χ0n) is 14.7. The number of anilines is 1. The molecule has 0 bridgehead atoms. The van der Waals surface area contributed by atoms with Crippen molar-refractivity contribution < 1.29 is 22.4 Å². The number of morpholine rings is 1. The van der Waals surface area contributed by atoms with Crippen LogP contribution in [-0.4, -0.2) is 45.5 Å². The minimum Gasteiger partial charge on any atom is -0.449 e. The number of hydrogen-bond acceptors (Lipinski definition) is 5. The lowest BCUT2D eigenvalue weighted by Crippen LogP contribution is -2.40. The van der Waals surface area contributed by atoms with Crippen LogP contribution >= 0.6 is 15.9 Å². The number of para-hydroxylation sites is 1. The van der Waals surface area contributed by atoms with Gasteiger partial charge in [0.25, 0.3) is 15.9 Å². The molecule has 0 saturated carbocycles. The van der Waals surface area contributed by atoms with Crippen LogP contribution < -0.4 is 4.72 Å². The predicted molar refractivity (Wildman–Crippen MR) is 108 cm³/mol. The molecule has 0 unspecified atom stereocenters. The summed E-state index contributed by atoms with van der Waals surface area (Å²) in [5.74, 6) is -0.392. The molecule has 3 aromatic rings. The number of furan rings is 1. The Hall–Kier alpha value is -2.36. The highest BCUT2D eigenvalue weighted by molar-refractivity contribution is 9.10. The number of amides is 1. The van der Waals surface area contributed by atoms with E-state index >= 15 is 0 Å². The minimum atomic E-state index is -3.90. The Morgan fingerprint density at radius 3 is 2.43 bits per heavy atom. The lowest BCUT2D eigenvalue weighted by atomic mass is 10.2. The molecule has 2 heterocycles. The standard InChI is InChI=1S/C19H17BrN2O5S/c20-13-5-7-14(8-6-13)28(24,25)21-17-15-3-1-2-4-16(15)27-18(17)19(23)22-9-11-26-12-10-22/h1-8,21H,9-12H2. The molecule has 28 heavy (non-hydrogen) atoms. The molecule has 1 saturated heterocycles. The largest absolute Gasteiger partial charge is 0.449 e. The maximum atomic E-state index is 13.0. The number of benzene rings is 2. The van der Waals surface area contributed by atoms with E-state index in [2.05, 4.69) is 20.7 Å². The number of hydrogen-bond donors (Lipinski definition) is 1. The monoisotopic (exact) mass is 464 g/mol. The van der Waals surface area contributed by atoms with Gasteiger partial charge in [0.2, 0.25) is 5.76 Å². The van der Waals surface area contributed by atoms with Crippen molar-refractivity contribution in [2.24, 2.45) is 0 Å². The quantitative estimate of drug-likeness (QED) is 0.638. The number of sulfonamides is 1. The average Bonchev–Trinajstić information content (AvgIpc) is 3.06. The average molecular weight is 465 g/mol. The van der Waals surface area contributed by atoms with Gasteiger partial charge in [-0.2, -0.15) is 0 Å². The molecule has 1 fully saturated rings. The first-order chi connectivity index (χ1) is 13.5. The van der Waals surface area contributed by atoms with Gasteiger partial charge in [-0.25, -0.2) is 8.42 Å². The van der Waals surface area contributed by atoms with Gasteiger partial charge >= 0.3 is 0 Å². The van der Waals surface area contributed by atoms with Gasteiger partial charge in [0, 0.05) is 22.9 Å². The molecule has 4 rings (SSSR count). The van der Waals surface area contributed by atoms with E-state index < -0.39 is 10.0 Å². The Kier molecular flexibility index (Phi) is 5.13. The summed E-state index contributed by atoms with van der Waals surface area (Å²) in [7, 11) is -3.90. The first-order valence-electron chi connectivity index (χ1n) is 8.63. The molecule has 0 atom stereocenters. The van der Waals surface area contributed by atoms with Crippen LogP contribution in [0, 0.1) is 0 Å². The lowest BCUT2D eigenvalue weighted by molar-refractivity contribution is 0.0285. The molecule has 7 nitrogen and oxygen atoms in total. The molecule has 1 aliphatic heterocycles. The Labute approximate surface area is 170 Å². The van der Waals surface area contributed by atoms with Gasteiger partial charge in [0.1, 0.15) is 11.3 Å².